The summed E-state index contributed by atoms with van der Waals surface area (Å²) in [6.07, 6.45) is 1.42. The van der Waals surface area contributed by atoms with Crippen LogP contribution in [0.5, 0.6) is 5.88 Å². The van der Waals surface area contributed by atoms with Crippen molar-refractivity contribution in [2.75, 3.05) is 13.2 Å². The molecule has 0 saturated carbocycles. The van der Waals surface area contributed by atoms with E-state index in [1.54, 1.807) is 0 Å². The van der Waals surface area contributed by atoms with E-state index in [1.807, 2.05) is 13.8 Å². The Balaban J connectivity index is 2.50. The van der Waals surface area contributed by atoms with Gasteiger partial charge in [-0.1, -0.05) is 0 Å². The number of nitrogens with zero attached hydrogens (tertiary/aromatic N) is 2. The fraction of sp³-hybridized carbons (Fsp3) is 0.500. The Morgan fingerprint density at radius 2 is 2.25 bits per heavy atom. The van der Waals surface area contributed by atoms with Gasteiger partial charge in [-0.25, -0.2) is 4.79 Å². The number of carboxylic acid groups (broad SMARTS) is 1. The molecule has 1 aromatic rings. The van der Waals surface area contributed by atoms with Gasteiger partial charge in [0.2, 0.25) is 5.88 Å². The van der Waals surface area contributed by atoms with Gasteiger partial charge in [0.25, 0.3) is 0 Å². The van der Waals surface area contributed by atoms with Crippen LogP contribution in [0.3, 0.4) is 0 Å². The first-order chi connectivity index (χ1) is 7.61. The fourth-order valence-electron chi connectivity index (χ4n) is 1.01. The third kappa shape index (κ3) is 3.82. The van der Waals surface area contributed by atoms with E-state index >= 15 is 0 Å². The summed E-state index contributed by atoms with van der Waals surface area (Å²) in [7, 11) is 0. The van der Waals surface area contributed by atoms with Crippen molar-refractivity contribution in [3.05, 3.63) is 17.8 Å². The number of hydrogen-bond donors (Lipinski definition) is 1. The quantitative estimate of drug-likeness (QED) is 0.728. The molecule has 88 valence electrons. The van der Waals surface area contributed by atoms with Crippen molar-refractivity contribution in [3.8, 4) is 5.88 Å². The SMILES string of the molecule is CC(C)OCCOc1nnccc1C(=O)O. The summed E-state index contributed by atoms with van der Waals surface area (Å²) in [5.41, 5.74) is -0.000420. The predicted octanol–water partition coefficient (Wildman–Crippen LogP) is 0.979. The summed E-state index contributed by atoms with van der Waals surface area (Å²) >= 11 is 0. The van der Waals surface area contributed by atoms with Crippen molar-refractivity contribution in [2.45, 2.75) is 20.0 Å². The van der Waals surface area contributed by atoms with Crippen LogP contribution in [0.15, 0.2) is 12.3 Å². The van der Waals surface area contributed by atoms with Crippen LogP contribution in [0.25, 0.3) is 0 Å². The van der Waals surface area contributed by atoms with E-state index in [-0.39, 0.29) is 24.2 Å². The van der Waals surface area contributed by atoms with Crippen molar-refractivity contribution in [3.63, 3.8) is 0 Å². The second kappa shape index (κ2) is 6.02. The number of aromatic carboxylic acids is 1. The highest BCUT2D eigenvalue weighted by atomic mass is 16.5. The van der Waals surface area contributed by atoms with Crippen LogP contribution in [0.2, 0.25) is 0 Å². The lowest BCUT2D eigenvalue weighted by Gasteiger charge is -2.09. The Morgan fingerprint density at radius 3 is 2.88 bits per heavy atom. The second-order valence-electron chi connectivity index (χ2n) is 3.32. The smallest absolute Gasteiger partial charge is 0.341 e. The number of aromatic nitrogens is 2. The minimum atomic E-state index is -1.09. The summed E-state index contributed by atoms with van der Waals surface area (Å²) in [6.45, 7) is 4.44. The number of carbonyl (C=O) groups is 1. The summed E-state index contributed by atoms with van der Waals surface area (Å²) in [4.78, 5) is 10.8. The molecule has 1 N–H and O–H groups in total. The van der Waals surface area contributed by atoms with Crippen molar-refractivity contribution < 1.29 is 19.4 Å². The monoisotopic (exact) mass is 226 g/mol. The maximum atomic E-state index is 10.8. The number of rotatable bonds is 6. The highest BCUT2D eigenvalue weighted by molar-refractivity contribution is 5.89. The van der Waals surface area contributed by atoms with Crippen LogP contribution < -0.4 is 4.74 Å². The third-order valence-corrected chi connectivity index (χ3v) is 1.69. The largest absolute Gasteiger partial charge is 0.477 e. The first kappa shape index (κ1) is 12.4. The molecule has 16 heavy (non-hydrogen) atoms. The summed E-state index contributed by atoms with van der Waals surface area (Å²) in [6, 6.07) is 1.34. The van der Waals surface area contributed by atoms with Gasteiger partial charge in [0, 0.05) is 0 Å². The van der Waals surface area contributed by atoms with Gasteiger partial charge in [0.05, 0.1) is 18.9 Å². The zero-order valence-corrected chi connectivity index (χ0v) is 9.21. The van der Waals surface area contributed by atoms with E-state index in [1.165, 1.54) is 12.3 Å². The highest BCUT2D eigenvalue weighted by Gasteiger charge is 2.12. The van der Waals surface area contributed by atoms with Crippen molar-refractivity contribution in [1.29, 1.82) is 0 Å². The maximum Gasteiger partial charge on any atom is 0.341 e. The molecule has 6 nitrogen and oxygen atoms in total. The van der Waals surface area contributed by atoms with Crippen molar-refractivity contribution >= 4 is 5.97 Å². The van der Waals surface area contributed by atoms with E-state index in [4.69, 9.17) is 14.6 Å². The molecular formula is C10H14N2O4. The van der Waals surface area contributed by atoms with E-state index in [0.29, 0.717) is 6.61 Å². The molecule has 0 bridgehead atoms. The Bertz CT molecular complexity index is 354. The predicted molar refractivity (Wildman–Crippen MR) is 55.6 cm³/mol. The standard InChI is InChI=1S/C10H14N2O4/c1-7(2)15-5-6-16-9-8(10(13)14)3-4-11-12-9/h3-4,7H,5-6H2,1-2H3,(H,13,14). The molecular weight excluding hydrogens is 212 g/mol. The van der Waals surface area contributed by atoms with Gasteiger partial charge in [0.15, 0.2) is 0 Å². The average Bonchev–Trinajstić information content (AvgIpc) is 2.24. The molecule has 6 heteroatoms. The minimum absolute atomic E-state index is 0.000420. The average molecular weight is 226 g/mol. The van der Waals surface area contributed by atoms with Gasteiger partial charge in [-0.05, 0) is 19.9 Å². The molecule has 0 aliphatic rings. The van der Waals surface area contributed by atoms with Gasteiger partial charge in [0.1, 0.15) is 12.2 Å². The molecule has 0 amide bonds. The lowest BCUT2D eigenvalue weighted by atomic mass is 10.3. The Kier molecular flexibility index (Phi) is 4.65. The number of ether oxygens (including phenoxy) is 2. The molecule has 0 aliphatic carbocycles. The zero-order chi connectivity index (χ0) is 12.0. The van der Waals surface area contributed by atoms with E-state index in [2.05, 4.69) is 10.2 Å². The summed E-state index contributed by atoms with van der Waals surface area (Å²) < 4.78 is 10.4. The van der Waals surface area contributed by atoms with Gasteiger partial charge in [-0.15, -0.1) is 5.10 Å². The molecule has 0 aliphatic heterocycles. The zero-order valence-electron chi connectivity index (χ0n) is 9.21. The van der Waals surface area contributed by atoms with Gasteiger partial charge in [-0.3, -0.25) is 0 Å². The normalized spacial score (nSPS) is 10.4. The third-order valence-electron chi connectivity index (χ3n) is 1.69. The van der Waals surface area contributed by atoms with Crippen LogP contribution in [-0.4, -0.2) is 40.6 Å². The van der Waals surface area contributed by atoms with Crippen molar-refractivity contribution in [1.82, 2.24) is 10.2 Å². The van der Waals surface area contributed by atoms with Crippen LogP contribution in [0, 0.1) is 0 Å². The summed E-state index contributed by atoms with van der Waals surface area (Å²) in [5, 5.41) is 16.0. The van der Waals surface area contributed by atoms with Gasteiger partial charge < -0.3 is 14.6 Å². The molecule has 0 spiro atoms. The Labute approximate surface area is 93.2 Å². The molecule has 0 unspecified atom stereocenters. The van der Waals surface area contributed by atoms with Crippen LogP contribution in [-0.2, 0) is 4.74 Å². The molecule has 0 aromatic carbocycles. The second-order valence-corrected chi connectivity index (χ2v) is 3.32. The minimum Gasteiger partial charge on any atom is -0.477 e. The van der Waals surface area contributed by atoms with Gasteiger partial charge >= 0.3 is 5.97 Å². The Hall–Kier alpha value is -1.69. The van der Waals surface area contributed by atoms with Crippen LogP contribution in [0.4, 0.5) is 0 Å². The molecule has 1 heterocycles. The number of carboxylic acids is 1. The van der Waals surface area contributed by atoms with Crippen molar-refractivity contribution in [2.24, 2.45) is 0 Å². The fourth-order valence-corrected chi connectivity index (χ4v) is 1.01. The number of hydrogen-bond acceptors (Lipinski definition) is 5. The topological polar surface area (TPSA) is 81.5 Å². The molecule has 1 rings (SSSR count). The van der Waals surface area contributed by atoms with Gasteiger partial charge in [-0.2, -0.15) is 5.10 Å². The van der Waals surface area contributed by atoms with E-state index in [0.717, 1.165) is 0 Å². The lowest BCUT2D eigenvalue weighted by Crippen LogP contribution is -2.13. The van der Waals surface area contributed by atoms with E-state index < -0.39 is 5.97 Å². The highest BCUT2D eigenvalue weighted by Crippen LogP contribution is 2.12. The lowest BCUT2D eigenvalue weighted by molar-refractivity contribution is 0.0525. The molecule has 1 aromatic heterocycles. The molecule has 0 fully saturated rings. The van der Waals surface area contributed by atoms with Crippen LogP contribution >= 0.6 is 0 Å². The first-order valence-electron chi connectivity index (χ1n) is 4.90. The summed E-state index contributed by atoms with van der Waals surface area (Å²) in [5.74, 6) is -1.07. The maximum absolute atomic E-state index is 10.8. The first-order valence-corrected chi connectivity index (χ1v) is 4.90. The molecule has 0 radical (unpaired) electrons. The molecule has 0 atom stereocenters. The van der Waals surface area contributed by atoms with Crippen LogP contribution in [0.1, 0.15) is 24.2 Å². The van der Waals surface area contributed by atoms with E-state index in [9.17, 15) is 4.79 Å². The molecule has 0 saturated heterocycles. The Morgan fingerprint density at radius 1 is 1.50 bits per heavy atom.